The van der Waals surface area contributed by atoms with Crippen LogP contribution in [0.25, 0.3) is 0 Å². The molecule has 0 bridgehead atoms. The molecular formula is C13H14N2OS. The monoisotopic (exact) mass is 246 g/mol. The first kappa shape index (κ1) is 10.6. The van der Waals surface area contributed by atoms with Gasteiger partial charge in [-0.15, -0.1) is 11.3 Å². The first-order chi connectivity index (χ1) is 8.34. The molecule has 0 saturated carbocycles. The molecule has 0 saturated heterocycles. The number of hydrogen-bond acceptors (Lipinski definition) is 4. The maximum atomic E-state index is 5.86. The molecule has 0 aliphatic carbocycles. The molecule has 1 aromatic heterocycles. The number of ether oxygens (including phenoxy) is 1. The maximum Gasteiger partial charge on any atom is 0.124 e. The normalized spacial score (nSPS) is 17.8. The molecule has 0 radical (unpaired) electrons. The lowest BCUT2D eigenvalue weighted by atomic mass is 10.1. The summed E-state index contributed by atoms with van der Waals surface area (Å²) < 4.78 is 5.62. The minimum Gasteiger partial charge on any atom is -0.491 e. The van der Waals surface area contributed by atoms with Gasteiger partial charge in [0.1, 0.15) is 12.4 Å². The lowest BCUT2D eigenvalue weighted by molar-refractivity contribution is 0.311. The summed E-state index contributed by atoms with van der Waals surface area (Å²) in [4.78, 5) is 1.19. The van der Waals surface area contributed by atoms with E-state index in [1.54, 1.807) is 11.3 Å². The van der Waals surface area contributed by atoms with Crippen LogP contribution in [-0.2, 0) is 6.54 Å². The van der Waals surface area contributed by atoms with Crippen LogP contribution in [0.5, 0.6) is 5.75 Å². The average molecular weight is 246 g/mol. The Balaban J connectivity index is 1.70. The second-order valence-electron chi connectivity index (χ2n) is 4.08. The standard InChI is InChI=1S/C13H14N2OS/c14-10-5-6-17-13(10)7-15-11-8-16-12-4-2-1-3-9(11)12/h1-6,11,15H,7-8,14H2. The van der Waals surface area contributed by atoms with Crippen molar-refractivity contribution in [3.8, 4) is 5.75 Å². The van der Waals surface area contributed by atoms with Crippen molar-refractivity contribution in [1.29, 1.82) is 0 Å². The van der Waals surface area contributed by atoms with E-state index in [-0.39, 0.29) is 6.04 Å². The second-order valence-corrected chi connectivity index (χ2v) is 5.08. The third kappa shape index (κ3) is 2.01. The lowest BCUT2D eigenvalue weighted by Gasteiger charge is -2.10. The van der Waals surface area contributed by atoms with Crippen molar-refractivity contribution in [3.63, 3.8) is 0 Å². The number of para-hydroxylation sites is 1. The molecule has 17 heavy (non-hydrogen) atoms. The topological polar surface area (TPSA) is 47.3 Å². The highest BCUT2D eigenvalue weighted by atomic mass is 32.1. The molecule has 3 nitrogen and oxygen atoms in total. The molecule has 0 fully saturated rings. The van der Waals surface area contributed by atoms with E-state index in [2.05, 4.69) is 11.4 Å². The zero-order chi connectivity index (χ0) is 11.7. The van der Waals surface area contributed by atoms with Gasteiger partial charge in [-0.1, -0.05) is 18.2 Å². The smallest absolute Gasteiger partial charge is 0.124 e. The molecule has 0 amide bonds. The largest absolute Gasteiger partial charge is 0.491 e. The predicted octanol–water partition coefficient (Wildman–Crippen LogP) is 2.55. The number of nitrogen functional groups attached to an aromatic ring is 1. The number of hydrogen-bond donors (Lipinski definition) is 2. The predicted molar refractivity (Wildman–Crippen MR) is 70.2 cm³/mol. The Morgan fingerprint density at radius 1 is 1.35 bits per heavy atom. The first-order valence-corrected chi connectivity index (χ1v) is 6.49. The molecule has 1 aliphatic heterocycles. The van der Waals surface area contributed by atoms with Gasteiger partial charge in [0.25, 0.3) is 0 Å². The highest BCUT2D eigenvalue weighted by Crippen LogP contribution is 2.32. The number of fused-ring (bicyclic) bond motifs is 1. The van der Waals surface area contributed by atoms with Gasteiger partial charge in [0.2, 0.25) is 0 Å². The molecule has 3 N–H and O–H groups in total. The summed E-state index contributed by atoms with van der Waals surface area (Å²) in [5.41, 5.74) is 7.97. The highest BCUT2D eigenvalue weighted by molar-refractivity contribution is 7.10. The molecule has 1 atom stereocenters. The van der Waals surface area contributed by atoms with Gasteiger partial charge in [-0.25, -0.2) is 0 Å². The molecule has 2 heterocycles. The highest BCUT2D eigenvalue weighted by Gasteiger charge is 2.22. The van der Waals surface area contributed by atoms with Gasteiger partial charge in [-0.2, -0.15) is 0 Å². The Kier molecular flexibility index (Phi) is 2.74. The van der Waals surface area contributed by atoms with Gasteiger partial charge < -0.3 is 15.8 Å². The zero-order valence-corrected chi connectivity index (χ0v) is 10.2. The van der Waals surface area contributed by atoms with E-state index in [9.17, 15) is 0 Å². The van der Waals surface area contributed by atoms with Gasteiger partial charge in [-0.3, -0.25) is 0 Å². The van der Waals surface area contributed by atoms with Crippen molar-refractivity contribution in [1.82, 2.24) is 5.32 Å². The average Bonchev–Trinajstić information content (AvgIpc) is 2.93. The van der Waals surface area contributed by atoms with Gasteiger partial charge in [0, 0.05) is 22.7 Å². The number of nitrogens with two attached hydrogens (primary N) is 1. The lowest BCUT2D eigenvalue weighted by Crippen LogP contribution is -2.21. The van der Waals surface area contributed by atoms with Gasteiger partial charge in [-0.05, 0) is 17.5 Å². The molecular weight excluding hydrogens is 232 g/mol. The van der Waals surface area contributed by atoms with E-state index in [0.29, 0.717) is 6.61 Å². The minimum absolute atomic E-state index is 0.271. The van der Waals surface area contributed by atoms with Crippen LogP contribution in [0.1, 0.15) is 16.5 Å². The fourth-order valence-corrected chi connectivity index (χ4v) is 2.79. The molecule has 4 heteroatoms. The summed E-state index contributed by atoms with van der Waals surface area (Å²) in [5.74, 6) is 0.990. The van der Waals surface area contributed by atoms with Crippen LogP contribution in [0, 0.1) is 0 Å². The quantitative estimate of drug-likeness (QED) is 0.875. The second kappa shape index (κ2) is 4.39. The molecule has 0 spiro atoms. The summed E-state index contributed by atoms with van der Waals surface area (Å²) in [6, 6.07) is 10.4. The van der Waals surface area contributed by atoms with Crippen LogP contribution in [0.3, 0.4) is 0 Å². The summed E-state index contributed by atoms with van der Waals surface area (Å²) in [7, 11) is 0. The fourth-order valence-electron chi connectivity index (χ4n) is 2.04. The Labute approximate surface area is 104 Å². The zero-order valence-electron chi connectivity index (χ0n) is 9.35. The van der Waals surface area contributed by atoms with Crippen LogP contribution in [0.2, 0.25) is 0 Å². The Hall–Kier alpha value is -1.52. The van der Waals surface area contributed by atoms with Crippen molar-refractivity contribution in [2.45, 2.75) is 12.6 Å². The molecule has 88 valence electrons. The van der Waals surface area contributed by atoms with Crippen molar-refractivity contribution >= 4 is 17.0 Å². The summed E-state index contributed by atoms with van der Waals surface area (Å²) >= 11 is 1.69. The van der Waals surface area contributed by atoms with Crippen LogP contribution < -0.4 is 15.8 Å². The minimum atomic E-state index is 0.271. The van der Waals surface area contributed by atoms with Gasteiger partial charge in [0.05, 0.1) is 6.04 Å². The molecule has 1 unspecified atom stereocenters. The SMILES string of the molecule is Nc1ccsc1CNC1COc2ccccc21. The molecule has 2 aromatic rings. The third-order valence-electron chi connectivity index (χ3n) is 2.99. The molecule has 1 aromatic carbocycles. The number of thiophene rings is 1. The Morgan fingerprint density at radius 2 is 2.24 bits per heavy atom. The van der Waals surface area contributed by atoms with E-state index in [0.717, 1.165) is 18.0 Å². The number of anilines is 1. The Morgan fingerprint density at radius 3 is 3.06 bits per heavy atom. The van der Waals surface area contributed by atoms with Crippen LogP contribution in [-0.4, -0.2) is 6.61 Å². The van der Waals surface area contributed by atoms with E-state index in [1.165, 1.54) is 10.4 Å². The number of rotatable bonds is 3. The summed E-state index contributed by atoms with van der Waals surface area (Å²) in [6.45, 7) is 1.50. The van der Waals surface area contributed by atoms with Gasteiger partial charge >= 0.3 is 0 Å². The fraction of sp³-hybridized carbons (Fsp3) is 0.231. The number of nitrogens with one attached hydrogen (secondary N) is 1. The first-order valence-electron chi connectivity index (χ1n) is 5.61. The van der Waals surface area contributed by atoms with Crippen LogP contribution in [0.4, 0.5) is 5.69 Å². The van der Waals surface area contributed by atoms with Gasteiger partial charge in [0.15, 0.2) is 0 Å². The van der Waals surface area contributed by atoms with Crippen molar-refractivity contribution in [3.05, 3.63) is 46.2 Å². The molecule has 3 rings (SSSR count). The summed E-state index contributed by atoms with van der Waals surface area (Å²) in [5, 5.41) is 5.51. The molecule has 1 aliphatic rings. The number of benzene rings is 1. The summed E-state index contributed by atoms with van der Waals surface area (Å²) in [6.07, 6.45) is 0. The third-order valence-corrected chi connectivity index (χ3v) is 3.93. The van der Waals surface area contributed by atoms with Crippen molar-refractivity contribution in [2.75, 3.05) is 12.3 Å². The van der Waals surface area contributed by atoms with Crippen molar-refractivity contribution < 1.29 is 4.74 Å². The Bertz CT molecular complexity index is 524. The van der Waals surface area contributed by atoms with Crippen LogP contribution >= 0.6 is 11.3 Å². The van der Waals surface area contributed by atoms with E-state index in [4.69, 9.17) is 10.5 Å². The van der Waals surface area contributed by atoms with Crippen LogP contribution in [0.15, 0.2) is 35.7 Å². The van der Waals surface area contributed by atoms with E-state index in [1.807, 2.05) is 29.6 Å². The maximum absolute atomic E-state index is 5.86. The van der Waals surface area contributed by atoms with E-state index < -0.39 is 0 Å². The van der Waals surface area contributed by atoms with E-state index >= 15 is 0 Å². The van der Waals surface area contributed by atoms with Crippen molar-refractivity contribution in [2.24, 2.45) is 0 Å².